The van der Waals surface area contributed by atoms with E-state index in [9.17, 15) is 19.7 Å². The number of nitrogens with one attached hydrogen (secondary N) is 1. The van der Waals surface area contributed by atoms with Crippen molar-refractivity contribution in [1.29, 1.82) is 0 Å². The Kier molecular flexibility index (Phi) is 8.06. The normalized spacial score (nSPS) is 10.5. The van der Waals surface area contributed by atoms with Gasteiger partial charge < -0.3 is 10.1 Å². The summed E-state index contributed by atoms with van der Waals surface area (Å²) in [6, 6.07) is 6.21. The molecule has 0 aromatic heterocycles. The van der Waals surface area contributed by atoms with Crippen molar-refractivity contribution < 1.29 is 19.2 Å². The molecule has 0 aliphatic rings. The Labute approximate surface area is 134 Å². The summed E-state index contributed by atoms with van der Waals surface area (Å²) in [5.74, 6) is -0.544. The van der Waals surface area contributed by atoms with E-state index in [0.717, 1.165) is 12.8 Å². The second-order valence-electron chi connectivity index (χ2n) is 4.83. The highest BCUT2D eigenvalue weighted by molar-refractivity contribution is 5.92. The lowest BCUT2D eigenvalue weighted by molar-refractivity contribution is -0.385. The summed E-state index contributed by atoms with van der Waals surface area (Å²) in [4.78, 5) is 32.9. The van der Waals surface area contributed by atoms with E-state index in [0.29, 0.717) is 24.9 Å². The number of carbonyl (C=O) groups excluding carboxylic acids is 2. The average Bonchev–Trinajstić information content (AvgIpc) is 2.55. The standard InChI is InChI=1S/C16H20N2O5/c1-23-16(20)9-3-2-6-12-17-15(19)11-10-13-7-4-5-8-14(13)18(21)22/h4-5,7-8,10-11H,2-3,6,9,12H2,1H3,(H,17,19)/b11-10+. The van der Waals surface area contributed by atoms with Gasteiger partial charge in [-0.1, -0.05) is 18.6 Å². The molecule has 0 fully saturated rings. The molecular weight excluding hydrogens is 300 g/mol. The number of nitrogens with zero attached hydrogens (tertiary/aromatic N) is 1. The van der Waals surface area contributed by atoms with Gasteiger partial charge in [-0.25, -0.2) is 0 Å². The lowest BCUT2D eigenvalue weighted by Crippen LogP contribution is -2.22. The highest BCUT2D eigenvalue weighted by atomic mass is 16.6. The van der Waals surface area contributed by atoms with Crippen LogP contribution in [0.15, 0.2) is 30.3 Å². The molecule has 7 heteroatoms. The summed E-state index contributed by atoms with van der Waals surface area (Å²) in [7, 11) is 1.35. The Morgan fingerprint density at radius 3 is 2.70 bits per heavy atom. The summed E-state index contributed by atoms with van der Waals surface area (Å²) < 4.78 is 4.53. The van der Waals surface area contributed by atoms with Gasteiger partial charge in [0, 0.05) is 25.1 Å². The van der Waals surface area contributed by atoms with Crippen LogP contribution >= 0.6 is 0 Å². The van der Waals surface area contributed by atoms with E-state index in [-0.39, 0.29) is 17.6 Å². The van der Waals surface area contributed by atoms with Crippen molar-refractivity contribution in [1.82, 2.24) is 5.32 Å². The van der Waals surface area contributed by atoms with Gasteiger partial charge in [-0.05, 0) is 25.0 Å². The number of esters is 1. The molecule has 0 saturated carbocycles. The third kappa shape index (κ3) is 7.21. The molecule has 7 nitrogen and oxygen atoms in total. The number of amides is 1. The predicted octanol–water partition coefficient (Wildman–Crippen LogP) is 2.46. The minimum atomic E-state index is -0.487. The number of nitro benzene ring substituents is 1. The van der Waals surface area contributed by atoms with Gasteiger partial charge in [0.2, 0.25) is 5.91 Å². The first-order valence-corrected chi connectivity index (χ1v) is 7.30. The summed E-state index contributed by atoms with van der Waals surface area (Å²) in [5, 5.41) is 13.5. The minimum Gasteiger partial charge on any atom is -0.469 e. The second-order valence-corrected chi connectivity index (χ2v) is 4.83. The van der Waals surface area contributed by atoms with Crippen LogP contribution in [0.3, 0.4) is 0 Å². The number of benzene rings is 1. The average molecular weight is 320 g/mol. The van der Waals surface area contributed by atoms with Gasteiger partial charge in [0.05, 0.1) is 17.6 Å². The quantitative estimate of drug-likeness (QED) is 0.248. The highest BCUT2D eigenvalue weighted by Crippen LogP contribution is 2.18. The molecule has 1 N–H and O–H groups in total. The van der Waals surface area contributed by atoms with Crippen molar-refractivity contribution in [2.45, 2.75) is 25.7 Å². The number of hydrogen-bond donors (Lipinski definition) is 1. The van der Waals surface area contributed by atoms with Crippen LogP contribution in [-0.4, -0.2) is 30.5 Å². The van der Waals surface area contributed by atoms with Crippen LogP contribution in [-0.2, 0) is 14.3 Å². The molecule has 0 spiro atoms. The van der Waals surface area contributed by atoms with E-state index >= 15 is 0 Å². The largest absolute Gasteiger partial charge is 0.469 e. The van der Waals surface area contributed by atoms with Crippen LogP contribution in [0, 0.1) is 10.1 Å². The number of carbonyl (C=O) groups is 2. The number of methoxy groups -OCH3 is 1. The summed E-state index contributed by atoms with van der Waals surface area (Å²) in [5.41, 5.74) is 0.338. The second kappa shape index (κ2) is 10.1. The number of nitro groups is 1. The maximum Gasteiger partial charge on any atom is 0.305 e. The molecular formula is C16H20N2O5. The summed E-state index contributed by atoms with van der Waals surface area (Å²) >= 11 is 0. The minimum absolute atomic E-state index is 0.0423. The Morgan fingerprint density at radius 2 is 2.00 bits per heavy atom. The Bertz CT molecular complexity index is 584. The van der Waals surface area contributed by atoms with E-state index in [1.54, 1.807) is 18.2 Å². The number of unbranched alkanes of at least 4 members (excludes halogenated alkanes) is 2. The van der Waals surface area contributed by atoms with Gasteiger partial charge in [-0.3, -0.25) is 19.7 Å². The smallest absolute Gasteiger partial charge is 0.305 e. The van der Waals surface area contributed by atoms with Crippen LogP contribution in [0.2, 0.25) is 0 Å². The van der Waals surface area contributed by atoms with E-state index in [1.807, 2.05) is 0 Å². The number of ether oxygens (including phenoxy) is 1. The Hall–Kier alpha value is -2.70. The molecule has 0 saturated heterocycles. The van der Waals surface area contributed by atoms with Gasteiger partial charge in [0.1, 0.15) is 0 Å². The molecule has 1 aromatic carbocycles. The molecule has 0 aliphatic carbocycles. The molecule has 0 bridgehead atoms. The van der Waals surface area contributed by atoms with E-state index in [4.69, 9.17) is 0 Å². The molecule has 23 heavy (non-hydrogen) atoms. The zero-order valence-electron chi connectivity index (χ0n) is 13.0. The summed E-state index contributed by atoms with van der Waals surface area (Å²) in [6.45, 7) is 0.487. The molecule has 0 aliphatic heterocycles. The van der Waals surface area contributed by atoms with Crippen molar-refractivity contribution in [3.05, 3.63) is 46.0 Å². The monoisotopic (exact) mass is 320 g/mol. The van der Waals surface area contributed by atoms with Crippen molar-refractivity contribution >= 4 is 23.6 Å². The molecule has 1 rings (SSSR count). The zero-order valence-corrected chi connectivity index (χ0v) is 13.0. The van der Waals surface area contributed by atoms with Gasteiger partial charge in [0.15, 0.2) is 0 Å². The van der Waals surface area contributed by atoms with Crippen LogP contribution in [0.25, 0.3) is 6.08 Å². The number of rotatable bonds is 9. The fraction of sp³-hybridized carbons (Fsp3) is 0.375. The van der Waals surface area contributed by atoms with Crippen molar-refractivity contribution in [2.24, 2.45) is 0 Å². The van der Waals surface area contributed by atoms with Gasteiger partial charge in [0.25, 0.3) is 5.69 Å². The van der Waals surface area contributed by atoms with E-state index in [1.165, 1.54) is 25.3 Å². The third-order valence-electron chi connectivity index (χ3n) is 3.13. The Balaban J connectivity index is 2.32. The Morgan fingerprint density at radius 1 is 1.26 bits per heavy atom. The lowest BCUT2D eigenvalue weighted by atomic mass is 10.1. The van der Waals surface area contributed by atoms with Crippen LogP contribution in [0.5, 0.6) is 0 Å². The van der Waals surface area contributed by atoms with Crippen LogP contribution < -0.4 is 5.32 Å². The zero-order chi connectivity index (χ0) is 17.1. The molecule has 1 amide bonds. The fourth-order valence-electron chi connectivity index (χ4n) is 1.90. The number of hydrogen-bond acceptors (Lipinski definition) is 5. The van der Waals surface area contributed by atoms with Crippen molar-refractivity contribution in [3.63, 3.8) is 0 Å². The van der Waals surface area contributed by atoms with E-state index < -0.39 is 4.92 Å². The first-order chi connectivity index (χ1) is 11.0. The first kappa shape index (κ1) is 18.3. The molecule has 0 unspecified atom stereocenters. The maximum absolute atomic E-state index is 11.6. The SMILES string of the molecule is COC(=O)CCCCCNC(=O)/C=C/c1ccccc1[N+](=O)[O-]. The molecule has 0 radical (unpaired) electrons. The molecule has 124 valence electrons. The van der Waals surface area contributed by atoms with Gasteiger partial charge in [-0.2, -0.15) is 0 Å². The maximum atomic E-state index is 11.6. The molecule has 0 atom stereocenters. The lowest BCUT2D eigenvalue weighted by Gasteiger charge is -2.02. The van der Waals surface area contributed by atoms with Crippen LogP contribution in [0.4, 0.5) is 5.69 Å². The first-order valence-electron chi connectivity index (χ1n) is 7.30. The van der Waals surface area contributed by atoms with Crippen LogP contribution in [0.1, 0.15) is 31.2 Å². The van der Waals surface area contributed by atoms with Crippen molar-refractivity contribution in [3.8, 4) is 0 Å². The topological polar surface area (TPSA) is 98.5 Å². The fourth-order valence-corrected chi connectivity index (χ4v) is 1.90. The summed E-state index contributed by atoms with van der Waals surface area (Å²) in [6.07, 6.45) is 5.35. The highest BCUT2D eigenvalue weighted by Gasteiger charge is 2.09. The number of para-hydroxylation sites is 1. The van der Waals surface area contributed by atoms with Gasteiger partial charge >= 0.3 is 5.97 Å². The molecule has 0 heterocycles. The van der Waals surface area contributed by atoms with Crippen molar-refractivity contribution in [2.75, 3.05) is 13.7 Å². The third-order valence-corrected chi connectivity index (χ3v) is 3.13. The van der Waals surface area contributed by atoms with E-state index in [2.05, 4.69) is 10.1 Å². The van der Waals surface area contributed by atoms with Gasteiger partial charge in [-0.15, -0.1) is 0 Å². The molecule has 1 aromatic rings. The predicted molar refractivity (Wildman–Crippen MR) is 85.6 cm³/mol.